The Morgan fingerprint density at radius 2 is 2.17 bits per heavy atom. The molecule has 0 aliphatic carbocycles. The fraction of sp³-hybridized carbons (Fsp3) is 0.385. The highest BCUT2D eigenvalue weighted by molar-refractivity contribution is 5.46. The van der Waals surface area contributed by atoms with E-state index in [0.717, 1.165) is 30.2 Å². The van der Waals surface area contributed by atoms with Gasteiger partial charge >= 0.3 is 0 Å². The first-order valence-corrected chi connectivity index (χ1v) is 6.09. The molecule has 0 amide bonds. The Labute approximate surface area is 107 Å². The molecule has 0 aliphatic heterocycles. The number of benzene rings is 1. The summed E-state index contributed by atoms with van der Waals surface area (Å²) in [7, 11) is 1.66. The molecule has 1 aromatic carbocycles. The van der Waals surface area contributed by atoms with Crippen LogP contribution in [0.25, 0.3) is 5.69 Å². The van der Waals surface area contributed by atoms with Crippen molar-refractivity contribution in [2.24, 2.45) is 0 Å². The average Bonchev–Trinajstić information content (AvgIpc) is 2.87. The number of hydrogen-bond donors (Lipinski definition) is 1. The molecule has 5 heteroatoms. The lowest BCUT2D eigenvalue weighted by atomic mass is 10.3. The summed E-state index contributed by atoms with van der Waals surface area (Å²) in [5.41, 5.74) is 0.908. The molecule has 1 aromatic heterocycles. The maximum Gasteiger partial charge on any atom is 0.146 e. The Hall–Kier alpha value is -1.88. The van der Waals surface area contributed by atoms with Gasteiger partial charge in [0.15, 0.2) is 0 Å². The van der Waals surface area contributed by atoms with Crippen LogP contribution in [0.4, 0.5) is 0 Å². The van der Waals surface area contributed by atoms with Crippen molar-refractivity contribution >= 4 is 0 Å². The molecular formula is C13H18N4O. The number of hydrogen-bond acceptors (Lipinski definition) is 4. The fourth-order valence-electron chi connectivity index (χ4n) is 1.77. The van der Waals surface area contributed by atoms with Crippen LogP contribution in [0.5, 0.6) is 5.75 Å². The van der Waals surface area contributed by atoms with Crippen LogP contribution < -0.4 is 10.1 Å². The van der Waals surface area contributed by atoms with E-state index in [2.05, 4.69) is 22.3 Å². The van der Waals surface area contributed by atoms with Gasteiger partial charge in [-0.2, -0.15) is 5.10 Å². The SMILES string of the molecule is CCCNCc1ncnn1-c1ccccc1OC. The molecule has 1 N–H and O–H groups in total. The zero-order valence-electron chi connectivity index (χ0n) is 10.8. The number of rotatable bonds is 6. The van der Waals surface area contributed by atoms with Crippen LogP contribution in [0.15, 0.2) is 30.6 Å². The Kier molecular flexibility index (Phi) is 4.30. The molecule has 0 fully saturated rings. The average molecular weight is 246 g/mol. The smallest absolute Gasteiger partial charge is 0.146 e. The van der Waals surface area contributed by atoms with Gasteiger partial charge in [-0.25, -0.2) is 9.67 Å². The highest BCUT2D eigenvalue weighted by atomic mass is 16.5. The Balaban J connectivity index is 2.25. The molecule has 0 aliphatic rings. The van der Waals surface area contributed by atoms with E-state index >= 15 is 0 Å². The van der Waals surface area contributed by atoms with Crippen LogP contribution in [-0.2, 0) is 6.54 Å². The second-order valence-corrected chi connectivity index (χ2v) is 3.94. The van der Waals surface area contributed by atoms with Gasteiger partial charge in [0.05, 0.1) is 13.7 Å². The molecule has 0 unspecified atom stereocenters. The zero-order chi connectivity index (χ0) is 12.8. The van der Waals surface area contributed by atoms with Gasteiger partial charge in [0.2, 0.25) is 0 Å². The molecule has 0 atom stereocenters. The summed E-state index contributed by atoms with van der Waals surface area (Å²) in [6.07, 6.45) is 2.66. The maximum absolute atomic E-state index is 5.34. The number of ether oxygens (including phenoxy) is 1. The van der Waals surface area contributed by atoms with Crippen molar-refractivity contribution < 1.29 is 4.74 Å². The van der Waals surface area contributed by atoms with Crippen LogP contribution in [0.1, 0.15) is 19.2 Å². The fourth-order valence-corrected chi connectivity index (χ4v) is 1.77. The Morgan fingerprint density at radius 3 is 2.94 bits per heavy atom. The molecule has 2 aromatic rings. The molecule has 0 saturated heterocycles. The lowest BCUT2D eigenvalue weighted by Gasteiger charge is -2.10. The summed E-state index contributed by atoms with van der Waals surface area (Å²) in [6.45, 7) is 3.81. The summed E-state index contributed by atoms with van der Waals surface area (Å²) in [6, 6.07) is 7.79. The van der Waals surface area contributed by atoms with Crippen molar-refractivity contribution in [1.82, 2.24) is 20.1 Å². The quantitative estimate of drug-likeness (QED) is 0.789. The van der Waals surface area contributed by atoms with Gasteiger partial charge in [-0.05, 0) is 25.1 Å². The van der Waals surface area contributed by atoms with Crippen molar-refractivity contribution in [2.75, 3.05) is 13.7 Å². The monoisotopic (exact) mass is 246 g/mol. The highest BCUT2D eigenvalue weighted by Crippen LogP contribution is 2.21. The van der Waals surface area contributed by atoms with E-state index in [4.69, 9.17) is 4.74 Å². The second-order valence-electron chi connectivity index (χ2n) is 3.94. The summed E-state index contributed by atoms with van der Waals surface area (Å²) >= 11 is 0. The minimum absolute atomic E-state index is 0.700. The standard InChI is InChI=1S/C13H18N4O/c1-3-8-14-9-13-15-10-16-17(13)11-6-4-5-7-12(11)18-2/h4-7,10,14H,3,8-9H2,1-2H3. The highest BCUT2D eigenvalue weighted by Gasteiger charge is 2.10. The number of aromatic nitrogens is 3. The molecule has 2 rings (SSSR count). The molecule has 0 spiro atoms. The predicted octanol–water partition coefficient (Wildman–Crippen LogP) is 1.78. The summed E-state index contributed by atoms with van der Waals surface area (Å²) < 4.78 is 7.15. The molecule has 96 valence electrons. The topological polar surface area (TPSA) is 52.0 Å². The minimum atomic E-state index is 0.700. The molecule has 0 saturated carbocycles. The third kappa shape index (κ3) is 2.68. The molecule has 1 heterocycles. The van der Waals surface area contributed by atoms with Gasteiger partial charge in [0, 0.05) is 0 Å². The van der Waals surface area contributed by atoms with Crippen LogP contribution in [0.2, 0.25) is 0 Å². The number of nitrogens with one attached hydrogen (secondary N) is 1. The molecule has 18 heavy (non-hydrogen) atoms. The van der Waals surface area contributed by atoms with E-state index in [-0.39, 0.29) is 0 Å². The van der Waals surface area contributed by atoms with E-state index in [0.29, 0.717) is 6.54 Å². The third-order valence-electron chi connectivity index (χ3n) is 2.64. The van der Waals surface area contributed by atoms with Crippen LogP contribution in [-0.4, -0.2) is 28.4 Å². The van der Waals surface area contributed by atoms with E-state index in [1.807, 2.05) is 28.9 Å². The molecular weight excluding hydrogens is 228 g/mol. The molecule has 0 radical (unpaired) electrons. The lowest BCUT2D eigenvalue weighted by molar-refractivity contribution is 0.411. The first-order valence-electron chi connectivity index (χ1n) is 6.09. The van der Waals surface area contributed by atoms with Crippen LogP contribution in [0.3, 0.4) is 0 Å². The summed E-state index contributed by atoms with van der Waals surface area (Å²) in [5, 5.41) is 7.58. The first-order chi connectivity index (χ1) is 8.86. The normalized spacial score (nSPS) is 10.6. The van der Waals surface area contributed by atoms with Crippen LogP contribution in [0, 0.1) is 0 Å². The van der Waals surface area contributed by atoms with Gasteiger partial charge in [-0.15, -0.1) is 0 Å². The minimum Gasteiger partial charge on any atom is -0.494 e. The predicted molar refractivity (Wildman–Crippen MR) is 69.9 cm³/mol. The van der Waals surface area contributed by atoms with Gasteiger partial charge in [-0.1, -0.05) is 19.1 Å². The third-order valence-corrected chi connectivity index (χ3v) is 2.64. The van der Waals surface area contributed by atoms with E-state index in [1.165, 1.54) is 0 Å². The summed E-state index contributed by atoms with van der Waals surface area (Å²) in [4.78, 5) is 4.27. The van der Waals surface area contributed by atoms with Crippen molar-refractivity contribution in [2.45, 2.75) is 19.9 Å². The number of nitrogens with zero attached hydrogens (tertiary/aromatic N) is 3. The summed E-state index contributed by atoms with van der Waals surface area (Å²) in [5.74, 6) is 1.67. The van der Waals surface area contributed by atoms with Crippen molar-refractivity contribution in [1.29, 1.82) is 0 Å². The van der Waals surface area contributed by atoms with Gasteiger partial charge in [0.1, 0.15) is 23.6 Å². The van der Waals surface area contributed by atoms with Crippen molar-refractivity contribution in [3.8, 4) is 11.4 Å². The zero-order valence-corrected chi connectivity index (χ0v) is 10.8. The van der Waals surface area contributed by atoms with Gasteiger partial charge < -0.3 is 10.1 Å². The van der Waals surface area contributed by atoms with Crippen LogP contribution >= 0.6 is 0 Å². The number of methoxy groups -OCH3 is 1. The molecule has 0 bridgehead atoms. The van der Waals surface area contributed by atoms with E-state index in [9.17, 15) is 0 Å². The lowest BCUT2D eigenvalue weighted by Crippen LogP contribution is -2.17. The van der Waals surface area contributed by atoms with Crippen molar-refractivity contribution in [3.63, 3.8) is 0 Å². The molecule has 5 nitrogen and oxygen atoms in total. The maximum atomic E-state index is 5.34. The van der Waals surface area contributed by atoms with Crippen molar-refractivity contribution in [3.05, 3.63) is 36.4 Å². The Morgan fingerprint density at radius 1 is 1.33 bits per heavy atom. The largest absolute Gasteiger partial charge is 0.494 e. The van der Waals surface area contributed by atoms with E-state index < -0.39 is 0 Å². The van der Waals surface area contributed by atoms with Gasteiger partial charge in [-0.3, -0.25) is 0 Å². The first kappa shape index (κ1) is 12.6. The van der Waals surface area contributed by atoms with E-state index in [1.54, 1.807) is 13.4 Å². The second kappa shape index (κ2) is 6.16. The Bertz CT molecular complexity index is 495. The van der Waals surface area contributed by atoms with Gasteiger partial charge in [0.25, 0.3) is 0 Å². The number of para-hydroxylation sites is 2.